The molecule has 0 aromatic heterocycles. The average Bonchev–Trinajstić information content (AvgIpc) is 2.41. The predicted molar refractivity (Wildman–Crippen MR) is 69.7 cm³/mol. The SMILES string of the molecule is CN1C(=O)COc2ccc(CC(=O)NCC(=O)O)cc21. The van der Waals surface area contributed by atoms with Crippen LogP contribution < -0.4 is 15.0 Å². The number of carbonyl (C=O) groups excluding carboxylic acids is 2. The van der Waals surface area contributed by atoms with Crippen LogP contribution in [0.2, 0.25) is 0 Å². The minimum atomic E-state index is -1.09. The first kappa shape index (κ1) is 13.9. The molecule has 0 atom stereocenters. The van der Waals surface area contributed by atoms with E-state index < -0.39 is 18.4 Å². The largest absolute Gasteiger partial charge is 0.482 e. The van der Waals surface area contributed by atoms with Crippen LogP contribution in [0.4, 0.5) is 5.69 Å². The van der Waals surface area contributed by atoms with Crippen molar-refractivity contribution in [3.63, 3.8) is 0 Å². The minimum absolute atomic E-state index is 0.00193. The number of aliphatic carboxylic acids is 1. The molecule has 20 heavy (non-hydrogen) atoms. The number of nitrogens with one attached hydrogen (secondary N) is 1. The van der Waals surface area contributed by atoms with E-state index >= 15 is 0 Å². The molecule has 1 aliphatic rings. The van der Waals surface area contributed by atoms with Gasteiger partial charge in [-0.1, -0.05) is 6.07 Å². The van der Waals surface area contributed by atoms with E-state index in [1.54, 1.807) is 25.2 Å². The number of likely N-dealkylation sites (N-methyl/N-ethyl adjacent to an activating group) is 1. The molecule has 2 amide bonds. The molecule has 0 spiro atoms. The average molecular weight is 278 g/mol. The second-order valence-electron chi connectivity index (χ2n) is 4.39. The molecule has 1 heterocycles. The molecule has 0 saturated heterocycles. The second kappa shape index (κ2) is 5.60. The molecule has 2 N–H and O–H groups in total. The van der Waals surface area contributed by atoms with Crippen molar-refractivity contribution in [2.75, 3.05) is 25.1 Å². The van der Waals surface area contributed by atoms with E-state index in [0.717, 1.165) is 0 Å². The molecular formula is C13H14N2O5. The number of hydrogen-bond acceptors (Lipinski definition) is 4. The van der Waals surface area contributed by atoms with Crippen molar-refractivity contribution in [1.29, 1.82) is 0 Å². The molecule has 0 fully saturated rings. The number of benzene rings is 1. The topological polar surface area (TPSA) is 95.9 Å². The van der Waals surface area contributed by atoms with Crippen LogP contribution >= 0.6 is 0 Å². The summed E-state index contributed by atoms with van der Waals surface area (Å²) < 4.78 is 5.28. The van der Waals surface area contributed by atoms with Crippen molar-refractivity contribution in [1.82, 2.24) is 5.32 Å². The summed E-state index contributed by atoms with van der Waals surface area (Å²) in [6, 6.07) is 5.09. The number of hydrogen-bond donors (Lipinski definition) is 2. The molecule has 0 saturated carbocycles. The van der Waals surface area contributed by atoms with Gasteiger partial charge in [0, 0.05) is 7.05 Å². The number of rotatable bonds is 4. The Labute approximate surface area is 115 Å². The van der Waals surface area contributed by atoms with Crippen LogP contribution in [0.5, 0.6) is 5.75 Å². The number of ether oxygens (including phenoxy) is 1. The lowest BCUT2D eigenvalue weighted by molar-refractivity contribution is -0.137. The third kappa shape index (κ3) is 3.05. The van der Waals surface area contributed by atoms with Crippen LogP contribution in [-0.2, 0) is 20.8 Å². The zero-order valence-corrected chi connectivity index (χ0v) is 10.9. The first-order valence-electron chi connectivity index (χ1n) is 5.98. The number of anilines is 1. The molecule has 1 aliphatic heterocycles. The monoisotopic (exact) mass is 278 g/mol. The van der Waals surface area contributed by atoms with Crippen molar-refractivity contribution in [2.24, 2.45) is 0 Å². The van der Waals surface area contributed by atoms with E-state index in [9.17, 15) is 14.4 Å². The standard InChI is InChI=1S/C13H14N2O5/c1-15-9-4-8(5-11(16)14-6-13(18)19)2-3-10(9)20-7-12(15)17/h2-4H,5-7H2,1H3,(H,14,16)(H,18,19). The maximum atomic E-state index is 11.5. The lowest BCUT2D eigenvalue weighted by Crippen LogP contribution is -2.35. The van der Waals surface area contributed by atoms with Gasteiger partial charge in [0.05, 0.1) is 12.1 Å². The Morgan fingerprint density at radius 2 is 2.20 bits per heavy atom. The van der Waals surface area contributed by atoms with Crippen molar-refractivity contribution in [3.05, 3.63) is 23.8 Å². The van der Waals surface area contributed by atoms with Crippen LogP contribution in [0.25, 0.3) is 0 Å². The minimum Gasteiger partial charge on any atom is -0.482 e. The Morgan fingerprint density at radius 3 is 2.90 bits per heavy atom. The molecule has 0 unspecified atom stereocenters. The first-order valence-corrected chi connectivity index (χ1v) is 5.98. The van der Waals surface area contributed by atoms with E-state index in [1.807, 2.05) is 0 Å². The molecule has 0 aliphatic carbocycles. The summed E-state index contributed by atoms with van der Waals surface area (Å²) >= 11 is 0. The van der Waals surface area contributed by atoms with Crippen molar-refractivity contribution in [2.45, 2.75) is 6.42 Å². The van der Waals surface area contributed by atoms with Gasteiger partial charge in [-0.05, 0) is 17.7 Å². The Hall–Kier alpha value is -2.57. The summed E-state index contributed by atoms with van der Waals surface area (Å²) in [7, 11) is 1.64. The van der Waals surface area contributed by atoms with E-state index in [0.29, 0.717) is 17.0 Å². The highest BCUT2D eigenvalue weighted by Gasteiger charge is 2.22. The van der Waals surface area contributed by atoms with Gasteiger partial charge in [-0.2, -0.15) is 0 Å². The van der Waals surface area contributed by atoms with Gasteiger partial charge in [-0.3, -0.25) is 14.4 Å². The van der Waals surface area contributed by atoms with Gasteiger partial charge in [0.1, 0.15) is 12.3 Å². The summed E-state index contributed by atoms with van der Waals surface area (Å²) in [6.07, 6.45) is 0.0442. The second-order valence-corrected chi connectivity index (χ2v) is 4.39. The van der Waals surface area contributed by atoms with Gasteiger partial charge in [-0.15, -0.1) is 0 Å². The van der Waals surface area contributed by atoms with E-state index in [1.165, 1.54) is 4.90 Å². The molecule has 0 bridgehead atoms. The van der Waals surface area contributed by atoms with Gasteiger partial charge in [0.15, 0.2) is 6.61 Å². The highest BCUT2D eigenvalue weighted by atomic mass is 16.5. The highest BCUT2D eigenvalue weighted by Crippen LogP contribution is 2.31. The summed E-state index contributed by atoms with van der Waals surface area (Å²) in [4.78, 5) is 34.9. The lowest BCUT2D eigenvalue weighted by Gasteiger charge is -2.26. The van der Waals surface area contributed by atoms with Crippen LogP contribution in [-0.4, -0.2) is 43.1 Å². The molecule has 106 valence electrons. The van der Waals surface area contributed by atoms with Crippen molar-refractivity contribution < 1.29 is 24.2 Å². The highest BCUT2D eigenvalue weighted by molar-refractivity contribution is 5.97. The summed E-state index contributed by atoms with van der Waals surface area (Å²) in [5, 5.41) is 10.8. The zero-order chi connectivity index (χ0) is 14.7. The number of fused-ring (bicyclic) bond motifs is 1. The molecular weight excluding hydrogens is 264 g/mol. The van der Waals surface area contributed by atoms with Crippen LogP contribution in [0.1, 0.15) is 5.56 Å². The Bertz CT molecular complexity index is 570. The third-order valence-corrected chi connectivity index (χ3v) is 2.91. The molecule has 1 aromatic carbocycles. The normalized spacial score (nSPS) is 13.4. The van der Waals surface area contributed by atoms with Crippen molar-refractivity contribution in [3.8, 4) is 5.75 Å². The maximum Gasteiger partial charge on any atom is 0.322 e. The van der Waals surface area contributed by atoms with Gasteiger partial charge < -0.3 is 20.1 Å². The molecule has 1 aromatic rings. The number of carboxylic acid groups (broad SMARTS) is 1. The fourth-order valence-corrected chi connectivity index (χ4v) is 1.85. The van der Waals surface area contributed by atoms with Gasteiger partial charge in [0.25, 0.3) is 5.91 Å². The molecule has 2 rings (SSSR count). The van der Waals surface area contributed by atoms with Crippen LogP contribution in [0.15, 0.2) is 18.2 Å². The predicted octanol–water partition coefficient (Wildman–Crippen LogP) is -0.215. The Kier molecular flexibility index (Phi) is 3.88. The number of carbonyl (C=O) groups is 3. The van der Waals surface area contributed by atoms with Gasteiger partial charge >= 0.3 is 5.97 Å². The maximum absolute atomic E-state index is 11.5. The molecule has 7 nitrogen and oxygen atoms in total. The summed E-state index contributed by atoms with van der Waals surface area (Å²) in [6.45, 7) is -0.410. The van der Waals surface area contributed by atoms with E-state index in [4.69, 9.17) is 9.84 Å². The Balaban J connectivity index is 2.09. The number of nitrogens with zero attached hydrogens (tertiary/aromatic N) is 1. The Morgan fingerprint density at radius 1 is 1.45 bits per heavy atom. The first-order chi connectivity index (χ1) is 9.47. The fourth-order valence-electron chi connectivity index (χ4n) is 1.85. The summed E-state index contributed by atoms with van der Waals surface area (Å²) in [5.41, 5.74) is 1.28. The van der Waals surface area contributed by atoms with E-state index in [2.05, 4.69) is 5.32 Å². The fraction of sp³-hybridized carbons (Fsp3) is 0.308. The zero-order valence-electron chi connectivity index (χ0n) is 10.9. The molecule has 0 radical (unpaired) electrons. The quantitative estimate of drug-likeness (QED) is 0.794. The number of amides is 2. The molecule has 7 heteroatoms. The van der Waals surface area contributed by atoms with Gasteiger partial charge in [0.2, 0.25) is 5.91 Å². The van der Waals surface area contributed by atoms with Crippen molar-refractivity contribution >= 4 is 23.5 Å². The van der Waals surface area contributed by atoms with Crippen LogP contribution in [0, 0.1) is 0 Å². The smallest absolute Gasteiger partial charge is 0.322 e. The number of carboxylic acids is 1. The third-order valence-electron chi connectivity index (χ3n) is 2.91. The lowest BCUT2D eigenvalue weighted by atomic mass is 10.1. The van der Waals surface area contributed by atoms with Gasteiger partial charge in [-0.25, -0.2) is 0 Å². The summed E-state index contributed by atoms with van der Waals surface area (Å²) in [5.74, 6) is -1.06. The van der Waals surface area contributed by atoms with E-state index in [-0.39, 0.29) is 18.9 Å². The van der Waals surface area contributed by atoms with Crippen LogP contribution in [0.3, 0.4) is 0 Å².